The van der Waals surface area contributed by atoms with Gasteiger partial charge in [-0.3, -0.25) is 5.10 Å². The molecular weight excluding hydrogens is 255 g/mol. The van der Waals surface area contributed by atoms with Crippen LogP contribution in [-0.2, 0) is 0 Å². The molecular formula is C13H8ClFN2O. The number of fused-ring (bicyclic) bond motifs is 1. The maximum atomic E-state index is 12.9. The lowest BCUT2D eigenvalue weighted by Gasteiger charge is -1.99. The number of hydrogen-bond acceptors (Lipinski definition) is 2. The van der Waals surface area contributed by atoms with Crippen LogP contribution in [0.1, 0.15) is 0 Å². The Labute approximate surface area is 107 Å². The SMILES string of the molecule is Oc1cc2c(-c3ccc(F)cc3)n[nH]c2cc1Cl. The van der Waals surface area contributed by atoms with E-state index in [1.54, 1.807) is 24.3 Å². The second-order valence-corrected chi connectivity index (χ2v) is 4.34. The Morgan fingerprint density at radius 2 is 1.89 bits per heavy atom. The molecule has 0 spiro atoms. The van der Waals surface area contributed by atoms with Gasteiger partial charge in [-0.1, -0.05) is 11.6 Å². The Morgan fingerprint density at radius 1 is 1.17 bits per heavy atom. The molecule has 0 aliphatic rings. The third-order valence-corrected chi connectivity index (χ3v) is 3.05. The monoisotopic (exact) mass is 262 g/mol. The van der Waals surface area contributed by atoms with E-state index in [0.29, 0.717) is 5.69 Å². The molecule has 0 saturated heterocycles. The summed E-state index contributed by atoms with van der Waals surface area (Å²) in [4.78, 5) is 0. The summed E-state index contributed by atoms with van der Waals surface area (Å²) in [6, 6.07) is 9.15. The van der Waals surface area contributed by atoms with Gasteiger partial charge in [-0.15, -0.1) is 0 Å². The lowest BCUT2D eigenvalue weighted by Crippen LogP contribution is -1.80. The molecule has 1 aromatic heterocycles. The molecule has 18 heavy (non-hydrogen) atoms. The van der Waals surface area contributed by atoms with Crippen LogP contribution in [0.3, 0.4) is 0 Å². The molecule has 5 heteroatoms. The van der Waals surface area contributed by atoms with Crippen molar-refractivity contribution in [1.29, 1.82) is 0 Å². The molecule has 1 heterocycles. The van der Waals surface area contributed by atoms with Crippen LogP contribution >= 0.6 is 11.6 Å². The van der Waals surface area contributed by atoms with Crippen LogP contribution in [0.15, 0.2) is 36.4 Å². The third-order valence-electron chi connectivity index (χ3n) is 2.75. The Bertz CT molecular complexity index is 722. The predicted molar refractivity (Wildman–Crippen MR) is 68.2 cm³/mol. The average Bonchev–Trinajstić information content (AvgIpc) is 2.74. The van der Waals surface area contributed by atoms with E-state index in [-0.39, 0.29) is 16.6 Å². The number of nitrogens with one attached hydrogen (secondary N) is 1. The van der Waals surface area contributed by atoms with Gasteiger partial charge >= 0.3 is 0 Å². The van der Waals surface area contributed by atoms with Crippen molar-refractivity contribution in [3.8, 4) is 17.0 Å². The van der Waals surface area contributed by atoms with Gasteiger partial charge in [0.15, 0.2) is 0 Å². The first kappa shape index (κ1) is 11.0. The van der Waals surface area contributed by atoms with Gasteiger partial charge < -0.3 is 5.11 Å². The van der Waals surface area contributed by atoms with Crippen molar-refractivity contribution in [2.45, 2.75) is 0 Å². The molecule has 2 aromatic carbocycles. The number of aromatic nitrogens is 2. The van der Waals surface area contributed by atoms with E-state index in [4.69, 9.17) is 11.6 Å². The van der Waals surface area contributed by atoms with E-state index in [0.717, 1.165) is 16.5 Å². The Morgan fingerprint density at radius 3 is 2.61 bits per heavy atom. The van der Waals surface area contributed by atoms with Crippen molar-refractivity contribution in [2.24, 2.45) is 0 Å². The molecule has 0 fully saturated rings. The van der Waals surface area contributed by atoms with E-state index < -0.39 is 0 Å². The lowest BCUT2D eigenvalue weighted by atomic mass is 10.1. The Balaban J connectivity index is 2.23. The van der Waals surface area contributed by atoms with E-state index in [1.807, 2.05) is 0 Å². The number of halogens is 2. The Hall–Kier alpha value is -2.07. The van der Waals surface area contributed by atoms with Gasteiger partial charge in [-0.25, -0.2) is 4.39 Å². The highest BCUT2D eigenvalue weighted by Crippen LogP contribution is 2.33. The second kappa shape index (κ2) is 3.99. The summed E-state index contributed by atoms with van der Waals surface area (Å²) in [6.45, 7) is 0. The van der Waals surface area contributed by atoms with Crippen molar-refractivity contribution in [3.05, 3.63) is 47.2 Å². The van der Waals surface area contributed by atoms with Crippen LogP contribution in [0, 0.1) is 5.82 Å². The predicted octanol–water partition coefficient (Wildman–Crippen LogP) is 3.73. The van der Waals surface area contributed by atoms with Crippen molar-refractivity contribution in [1.82, 2.24) is 10.2 Å². The van der Waals surface area contributed by atoms with E-state index in [9.17, 15) is 9.50 Å². The smallest absolute Gasteiger partial charge is 0.135 e. The molecule has 3 rings (SSSR count). The minimum absolute atomic E-state index is 0.00562. The van der Waals surface area contributed by atoms with E-state index in [2.05, 4.69) is 10.2 Å². The summed E-state index contributed by atoms with van der Waals surface area (Å²) in [7, 11) is 0. The highest BCUT2D eigenvalue weighted by atomic mass is 35.5. The number of phenols is 1. The fourth-order valence-electron chi connectivity index (χ4n) is 1.85. The number of aromatic amines is 1. The highest BCUT2D eigenvalue weighted by molar-refractivity contribution is 6.32. The zero-order valence-electron chi connectivity index (χ0n) is 9.11. The summed E-state index contributed by atoms with van der Waals surface area (Å²) < 4.78 is 12.9. The third kappa shape index (κ3) is 1.71. The number of aromatic hydroxyl groups is 1. The number of hydrogen-bond donors (Lipinski definition) is 2. The minimum atomic E-state index is -0.301. The van der Waals surface area contributed by atoms with Crippen LogP contribution < -0.4 is 0 Å². The average molecular weight is 263 g/mol. The summed E-state index contributed by atoms with van der Waals surface area (Å²) in [6.07, 6.45) is 0. The maximum Gasteiger partial charge on any atom is 0.135 e. The largest absolute Gasteiger partial charge is 0.506 e. The van der Waals surface area contributed by atoms with Gasteiger partial charge in [0.05, 0.1) is 10.5 Å². The minimum Gasteiger partial charge on any atom is -0.506 e. The van der Waals surface area contributed by atoms with E-state index >= 15 is 0 Å². The molecule has 0 atom stereocenters. The number of rotatable bonds is 1. The van der Waals surface area contributed by atoms with Crippen molar-refractivity contribution >= 4 is 22.5 Å². The molecule has 0 aliphatic heterocycles. The summed E-state index contributed by atoms with van der Waals surface area (Å²) in [5, 5.41) is 17.6. The highest BCUT2D eigenvalue weighted by Gasteiger charge is 2.11. The molecule has 2 N–H and O–H groups in total. The molecule has 3 nitrogen and oxygen atoms in total. The van der Waals surface area contributed by atoms with Gasteiger partial charge in [-0.05, 0) is 36.4 Å². The molecule has 0 bridgehead atoms. The molecule has 0 radical (unpaired) electrons. The fraction of sp³-hybridized carbons (Fsp3) is 0. The van der Waals surface area contributed by atoms with Crippen LogP contribution in [0.2, 0.25) is 5.02 Å². The van der Waals surface area contributed by atoms with Crippen LogP contribution in [0.4, 0.5) is 4.39 Å². The Kier molecular flexibility index (Phi) is 2.45. The topological polar surface area (TPSA) is 48.9 Å². The molecule has 3 aromatic rings. The number of benzene rings is 2. The summed E-state index contributed by atoms with van der Waals surface area (Å²) in [5.74, 6) is -0.307. The first-order valence-corrected chi connectivity index (χ1v) is 5.65. The van der Waals surface area contributed by atoms with Crippen molar-refractivity contribution in [3.63, 3.8) is 0 Å². The molecule has 0 aliphatic carbocycles. The van der Waals surface area contributed by atoms with Crippen LogP contribution in [-0.4, -0.2) is 15.3 Å². The second-order valence-electron chi connectivity index (χ2n) is 3.93. The van der Waals surface area contributed by atoms with Gasteiger partial charge in [0, 0.05) is 10.9 Å². The zero-order valence-corrected chi connectivity index (χ0v) is 9.87. The van der Waals surface area contributed by atoms with Gasteiger partial charge in [-0.2, -0.15) is 5.10 Å². The number of phenolic OH excluding ortho intramolecular Hbond substituents is 1. The normalized spacial score (nSPS) is 11.0. The van der Waals surface area contributed by atoms with Crippen molar-refractivity contribution < 1.29 is 9.50 Å². The summed E-state index contributed by atoms with van der Waals surface area (Å²) in [5.41, 5.74) is 2.14. The van der Waals surface area contributed by atoms with Crippen LogP contribution in [0.5, 0.6) is 5.75 Å². The first-order valence-electron chi connectivity index (χ1n) is 5.27. The standard InChI is InChI=1S/C13H8ClFN2O/c14-10-6-11-9(5-12(10)18)13(17-16-11)7-1-3-8(15)4-2-7/h1-6,18H,(H,16,17). The first-order chi connectivity index (χ1) is 8.65. The fourth-order valence-corrected chi connectivity index (χ4v) is 2.02. The van der Waals surface area contributed by atoms with Gasteiger partial charge in [0.2, 0.25) is 0 Å². The summed E-state index contributed by atoms with van der Waals surface area (Å²) >= 11 is 5.82. The number of H-pyrrole nitrogens is 1. The zero-order chi connectivity index (χ0) is 12.7. The molecule has 0 unspecified atom stereocenters. The quantitative estimate of drug-likeness (QED) is 0.702. The maximum absolute atomic E-state index is 12.9. The van der Waals surface area contributed by atoms with E-state index in [1.165, 1.54) is 12.1 Å². The molecule has 0 saturated carbocycles. The number of nitrogens with zero attached hydrogens (tertiary/aromatic N) is 1. The van der Waals surface area contributed by atoms with Crippen LogP contribution in [0.25, 0.3) is 22.2 Å². The van der Waals surface area contributed by atoms with Gasteiger partial charge in [0.25, 0.3) is 0 Å². The van der Waals surface area contributed by atoms with Gasteiger partial charge in [0.1, 0.15) is 17.3 Å². The van der Waals surface area contributed by atoms with Crippen molar-refractivity contribution in [2.75, 3.05) is 0 Å². The lowest BCUT2D eigenvalue weighted by molar-refractivity contribution is 0.476. The molecule has 90 valence electrons. The molecule has 0 amide bonds.